The number of aliphatic hydroxyl groups excluding tert-OH is 2. The predicted molar refractivity (Wildman–Crippen MR) is 202 cm³/mol. The van der Waals surface area contributed by atoms with E-state index < -0.39 is 71.8 Å². The maximum atomic E-state index is 14.2. The zero-order valence-corrected chi connectivity index (χ0v) is 33.6. The van der Waals surface area contributed by atoms with E-state index in [2.05, 4.69) is 0 Å². The third-order valence-electron chi connectivity index (χ3n) is 12.2. The van der Waals surface area contributed by atoms with E-state index in [0.717, 1.165) is 18.4 Å². The molecule has 12 nitrogen and oxygen atoms in total. The normalized spacial score (nSPS) is 40.8. The average molecular weight is 760 g/mol. The molecule has 0 aromatic carbocycles. The second-order valence-corrected chi connectivity index (χ2v) is 16.3. The quantitative estimate of drug-likeness (QED) is 0.201. The number of allylic oxidation sites excluding steroid dienone is 5. The van der Waals surface area contributed by atoms with Crippen molar-refractivity contribution in [3.63, 3.8) is 0 Å². The van der Waals surface area contributed by atoms with Crippen LogP contribution in [0.3, 0.4) is 0 Å². The Labute approximate surface area is 321 Å². The van der Waals surface area contributed by atoms with Crippen LogP contribution >= 0.6 is 0 Å². The number of rotatable bonds is 5. The second kappa shape index (κ2) is 19.4. The Morgan fingerprint density at radius 3 is 2.26 bits per heavy atom. The van der Waals surface area contributed by atoms with Crippen LogP contribution in [-0.2, 0) is 38.1 Å². The Morgan fingerprint density at radius 2 is 1.63 bits per heavy atom. The number of ketones is 2. The predicted octanol–water partition coefficient (Wildman–Crippen LogP) is 4.77. The van der Waals surface area contributed by atoms with Gasteiger partial charge < -0.3 is 39.2 Å². The van der Waals surface area contributed by atoms with E-state index in [1.54, 1.807) is 13.8 Å². The van der Waals surface area contributed by atoms with Crippen molar-refractivity contribution in [3.05, 3.63) is 34.9 Å². The molecule has 10 atom stereocenters. The first-order chi connectivity index (χ1) is 25.5. The molecule has 12 heteroatoms. The summed E-state index contributed by atoms with van der Waals surface area (Å²) in [4.78, 5) is 57.4. The first-order valence-electron chi connectivity index (χ1n) is 20.0. The average Bonchev–Trinajstić information content (AvgIpc) is 3.15. The lowest BCUT2D eigenvalue weighted by Crippen LogP contribution is -2.64. The maximum Gasteiger partial charge on any atom is 0.329 e. The molecule has 3 fully saturated rings. The minimum Gasteiger partial charge on any atom is -0.456 e. The fourth-order valence-electron chi connectivity index (χ4n) is 8.78. The van der Waals surface area contributed by atoms with Gasteiger partial charge in [0.1, 0.15) is 18.2 Å². The highest BCUT2D eigenvalue weighted by molar-refractivity contribution is 6.39. The van der Waals surface area contributed by atoms with Crippen LogP contribution in [0, 0.1) is 23.7 Å². The highest BCUT2D eigenvalue weighted by Gasteiger charge is 2.56. The number of aliphatic hydroxyl groups is 3. The van der Waals surface area contributed by atoms with Crippen molar-refractivity contribution < 1.29 is 53.4 Å². The number of esters is 1. The molecule has 2 bridgehead atoms. The van der Waals surface area contributed by atoms with Crippen molar-refractivity contribution in [3.8, 4) is 0 Å². The van der Waals surface area contributed by atoms with Gasteiger partial charge in [-0.25, -0.2) is 4.79 Å². The number of Topliss-reactive ketones (excluding diaryl/α,β-unsaturated/α-hetero) is 2. The molecule has 54 heavy (non-hydrogen) atoms. The molecule has 3 N–H and O–H groups in total. The van der Waals surface area contributed by atoms with Gasteiger partial charge in [-0.15, -0.1) is 0 Å². The molecule has 0 unspecified atom stereocenters. The highest BCUT2D eigenvalue weighted by atomic mass is 16.7. The maximum absolute atomic E-state index is 14.2. The molecule has 4 aliphatic rings. The van der Waals surface area contributed by atoms with E-state index in [4.69, 9.17) is 18.9 Å². The largest absolute Gasteiger partial charge is 0.456 e. The van der Waals surface area contributed by atoms with Crippen LogP contribution in [-0.4, -0.2) is 113 Å². The summed E-state index contributed by atoms with van der Waals surface area (Å²) >= 11 is 0. The van der Waals surface area contributed by atoms with Crippen LogP contribution in [0.1, 0.15) is 112 Å². The fraction of sp³-hybridized carbons (Fsp3) is 0.762. The van der Waals surface area contributed by atoms with Crippen LogP contribution in [0.5, 0.6) is 0 Å². The zero-order valence-electron chi connectivity index (χ0n) is 33.6. The van der Waals surface area contributed by atoms with Crippen molar-refractivity contribution in [1.29, 1.82) is 0 Å². The summed E-state index contributed by atoms with van der Waals surface area (Å²) < 4.78 is 24.1. The van der Waals surface area contributed by atoms with E-state index in [-0.39, 0.29) is 49.5 Å². The molecule has 2 saturated heterocycles. The number of piperidine rings is 1. The summed E-state index contributed by atoms with van der Waals surface area (Å²) in [6, 6.07) is -1.11. The molecule has 1 saturated carbocycles. The summed E-state index contributed by atoms with van der Waals surface area (Å²) in [7, 11) is 3.04. The Balaban J connectivity index is 1.78. The Hall–Kier alpha value is -2.74. The summed E-state index contributed by atoms with van der Waals surface area (Å²) in [5, 5.41) is 33.6. The number of nitrogens with zero attached hydrogens (tertiary/aromatic N) is 1. The van der Waals surface area contributed by atoms with E-state index in [1.165, 1.54) is 19.1 Å². The summed E-state index contributed by atoms with van der Waals surface area (Å²) in [5.74, 6) is -7.10. The highest BCUT2D eigenvalue weighted by Crippen LogP contribution is 2.39. The summed E-state index contributed by atoms with van der Waals surface area (Å²) in [6.07, 6.45) is 6.49. The van der Waals surface area contributed by atoms with E-state index >= 15 is 0 Å². The van der Waals surface area contributed by atoms with Crippen LogP contribution in [0.2, 0.25) is 0 Å². The van der Waals surface area contributed by atoms with Crippen molar-refractivity contribution in [2.75, 3.05) is 20.8 Å². The van der Waals surface area contributed by atoms with Crippen LogP contribution in [0.25, 0.3) is 0 Å². The minimum absolute atomic E-state index is 0.0924. The molecule has 0 radical (unpaired) electrons. The molecule has 3 aliphatic heterocycles. The monoisotopic (exact) mass is 759 g/mol. The third kappa shape index (κ3) is 10.4. The molecule has 3 heterocycles. The lowest BCUT2D eigenvalue weighted by Gasteiger charge is -2.47. The van der Waals surface area contributed by atoms with Crippen molar-refractivity contribution in [2.24, 2.45) is 23.7 Å². The van der Waals surface area contributed by atoms with Gasteiger partial charge in [0, 0.05) is 39.0 Å². The van der Waals surface area contributed by atoms with E-state index in [1.807, 2.05) is 45.9 Å². The van der Waals surface area contributed by atoms with Gasteiger partial charge in [-0.2, -0.15) is 0 Å². The number of hydrogen-bond donors (Lipinski definition) is 3. The molecule has 0 spiro atoms. The Kier molecular flexibility index (Phi) is 15.8. The fourth-order valence-corrected chi connectivity index (χ4v) is 8.78. The lowest BCUT2D eigenvalue weighted by atomic mass is 9.82. The lowest BCUT2D eigenvalue weighted by molar-refractivity contribution is -0.302. The molecular formula is C42H65NO11. The topological polar surface area (TPSA) is 169 Å². The molecule has 1 aliphatic carbocycles. The van der Waals surface area contributed by atoms with E-state index in [0.29, 0.717) is 49.7 Å². The zero-order chi connectivity index (χ0) is 39.9. The number of fused-ring (bicyclic) bond motifs is 3. The number of carbonyl (C=O) groups excluding carboxylic acids is 4. The first-order valence-corrected chi connectivity index (χ1v) is 20.0. The number of carbonyl (C=O) groups is 4. The van der Waals surface area contributed by atoms with Crippen molar-refractivity contribution in [2.45, 2.75) is 161 Å². The molecular weight excluding hydrogens is 694 g/mol. The number of ether oxygens (including phenoxy) is 4. The van der Waals surface area contributed by atoms with E-state index in [9.17, 15) is 34.5 Å². The van der Waals surface area contributed by atoms with Crippen LogP contribution in [0.15, 0.2) is 34.9 Å². The number of amides is 1. The molecule has 0 aromatic rings. The summed E-state index contributed by atoms with van der Waals surface area (Å²) in [6.45, 7) is 11.1. The second-order valence-electron chi connectivity index (χ2n) is 16.3. The summed E-state index contributed by atoms with van der Waals surface area (Å²) in [5.41, 5.74) is 2.10. The van der Waals surface area contributed by atoms with Gasteiger partial charge in [-0.3, -0.25) is 14.4 Å². The SMILES string of the molecule is CC/C1=C\C(C)=C/[C@H](C)C[C@H](OC)[C@H]2O[C@@](O)(C(=O)C(=O)N3CCCC[C@H]3C(=O)O[C@H](/C(C)=C/C3CCC(O)CC3)[C@H](C)[C@@H](O)CC1=O)[C@H](C)C[C@@H]2OC. The minimum atomic E-state index is -2.50. The molecule has 304 valence electrons. The number of cyclic esters (lactones) is 1. The Bertz CT molecular complexity index is 1430. The van der Waals surface area contributed by atoms with Gasteiger partial charge in [-0.05, 0) is 101 Å². The van der Waals surface area contributed by atoms with Gasteiger partial charge in [0.25, 0.3) is 11.7 Å². The smallest absolute Gasteiger partial charge is 0.329 e. The van der Waals surface area contributed by atoms with Gasteiger partial charge in [0.15, 0.2) is 5.78 Å². The van der Waals surface area contributed by atoms with Crippen molar-refractivity contribution in [1.82, 2.24) is 4.90 Å². The first kappa shape index (κ1) is 44.0. The van der Waals surface area contributed by atoms with Crippen molar-refractivity contribution >= 4 is 23.4 Å². The standard InChI is InChI=1S/C42H65NO11/c1-9-30-19-24(2)18-25(3)20-35(51-7)38-36(52-8)22-27(5)42(50,54-38)39(47)40(48)43-17-11-10-12-32(43)41(49)53-37(28(6)33(45)23-34(30)46)26(4)21-29-13-15-31(44)16-14-29/h18-19,21,25,27-29,31-33,35-38,44-45,50H,9-17,20,22-23H2,1-8H3/b24-18-,26-21+,30-19+/t25-,27+,28+,29?,31?,32-,33-,35-,36-,37+,38+,42+/m0/s1. The van der Waals surface area contributed by atoms with Crippen LogP contribution < -0.4 is 0 Å². The molecule has 1 amide bonds. The third-order valence-corrected chi connectivity index (χ3v) is 12.2. The molecule has 4 rings (SSSR count). The number of hydrogen-bond acceptors (Lipinski definition) is 11. The number of methoxy groups -OCH3 is 2. The molecule has 0 aromatic heterocycles. The Morgan fingerprint density at radius 1 is 0.981 bits per heavy atom. The van der Waals surface area contributed by atoms with Gasteiger partial charge >= 0.3 is 5.97 Å². The van der Waals surface area contributed by atoms with Gasteiger partial charge in [0.05, 0.1) is 24.4 Å². The van der Waals surface area contributed by atoms with Gasteiger partial charge in [0.2, 0.25) is 5.79 Å². The van der Waals surface area contributed by atoms with Gasteiger partial charge in [-0.1, -0.05) is 51.5 Å². The van der Waals surface area contributed by atoms with Crippen LogP contribution in [0.4, 0.5) is 0 Å².